The van der Waals surface area contributed by atoms with Crippen LogP contribution in [0.5, 0.6) is 11.5 Å². The fourth-order valence-corrected chi connectivity index (χ4v) is 5.24. The lowest BCUT2D eigenvalue weighted by Gasteiger charge is -2.15. The van der Waals surface area contributed by atoms with E-state index in [9.17, 15) is 22.8 Å². The molecular weight excluding hydrogens is 589 g/mol. The van der Waals surface area contributed by atoms with Crippen molar-refractivity contribution in [2.45, 2.75) is 12.6 Å². The Hall–Kier alpha value is -3.61. The van der Waals surface area contributed by atoms with Crippen LogP contribution in [0.4, 0.5) is 13.2 Å². The van der Waals surface area contributed by atoms with E-state index in [1.54, 1.807) is 12.1 Å². The van der Waals surface area contributed by atoms with Gasteiger partial charge in [-0.3, -0.25) is 9.69 Å². The highest BCUT2D eigenvalue weighted by Gasteiger charge is 2.32. The van der Waals surface area contributed by atoms with Crippen LogP contribution in [0.1, 0.15) is 28.0 Å². The number of benzene rings is 2. The molecule has 0 aliphatic carbocycles. The summed E-state index contributed by atoms with van der Waals surface area (Å²) < 4.78 is 50.8. The maximum absolute atomic E-state index is 13.2. The average molecular weight is 609 g/mol. The van der Waals surface area contributed by atoms with Crippen molar-refractivity contribution in [3.63, 3.8) is 0 Å². The number of pyridine rings is 1. The number of aromatic nitrogens is 1. The van der Waals surface area contributed by atoms with Gasteiger partial charge in [0.05, 0.1) is 41.1 Å². The Kier molecular flexibility index (Phi) is 9.02. The number of nitrogens with zero attached hydrogens (tertiary/aromatic N) is 2. The minimum atomic E-state index is -4.53. The molecule has 1 aromatic heterocycles. The van der Waals surface area contributed by atoms with E-state index < -0.39 is 17.7 Å². The third kappa shape index (κ3) is 6.75. The van der Waals surface area contributed by atoms with Crippen LogP contribution in [0.3, 0.4) is 0 Å². The molecule has 0 saturated carbocycles. The van der Waals surface area contributed by atoms with Crippen molar-refractivity contribution in [2.24, 2.45) is 0 Å². The Balaban J connectivity index is 1.42. The predicted octanol–water partition coefficient (Wildman–Crippen LogP) is 6.80. The van der Waals surface area contributed by atoms with Gasteiger partial charge < -0.3 is 14.6 Å². The van der Waals surface area contributed by atoms with Gasteiger partial charge in [-0.2, -0.15) is 13.2 Å². The molecule has 0 unspecified atom stereocenters. The van der Waals surface area contributed by atoms with E-state index in [1.807, 2.05) is 0 Å². The maximum atomic E-state index is 13.2. The predicted molar refractivity (Wildman–Crippen MR) is 150 cm³/mol. The standard InChI is InChI=1S/C27H20ClF3N2O5S2/c1-37-22-12-15(25(35)36)6-9-21(22)38-11-3-10-33-24(34)23(40-26(33)39)14-17-4-2-5-20(32-17)18-13-16(27(29,30)31)7-8-19(18)28/h2,4-9,12-14H,3,10-11H2,1H3,(H,35,36)/b23-14-. The van der Waals surface area contributed by atoms with Gasteiger partial charge >= 0.3 is 12.1 Å². The molecule has 1 aliphatic heterocycles. The lowest BCUT2D eigenvalue weighted by Crippen LogP contribution is -2.30. The van der Waals surface area contributed by atoms with E-state index in [-0.39, 0.29) is 46.7 Å². The quantitative estimate of drug-likeness (QED) is 0.161. The SMILES string of the molecule is COc1cc(C(=O)O)ccc1OCCCN1C(=O)/C(=C/c2cccc(-c3cc(C(F)(F)F)ccc3Cl)n2)SC1=S. The van der Waals surface area contributed by atoms with Crippen molar-refractivity contribution < 1.29 is 37.3 Å². The molecule has 2 heterocycles. The molecule has 1 amide bonds. The Morgan fingerprint density at radius 3 is 2.65 bits per heavy atom. The molecule has 0 spiro atoms. The fourth-order valence-electron chi connectivity index (χ4n) is 3.73. The number of carboxylic acids is 1. The third-order valence-corrected chi connectivity index (χ3v) is 7.39. The first-order valence-corrected chi connectivity index (χ1v) is 13.2. The highest BCUT2D eigenvalue weighted by molar-refractivity contribution is 8.26. The van der Waals surface area contributed by atoms with Gasteiger partial charge in [-0.05, 0) is 61.0 Å². The summed E-state index contributed by atoms with van der Waals surface area (Å²) in [5.41, 5.74) is -0.0873. The molecule has 1 fully saturated rings. The first kappa shape index (κ1) is 29.4. The van der Waals surface area contributed by atoms with Gasteiger partial charge in [-0.1, -0.05) is 41.6 Å². The number of carbonyl (C=O) groups is 2. The lowest BCUT2D eigenvalue weighted by molar-refractivity contribution is -0.137. The van der Waals surface area contributed by atoms with Crippen LogP contribution >= 0.6 is 35.6 Å². The zero-order valence-electron chi connectivity index (χ0n) is 20.7. The number of carboxylic acid groups (broad SMARTS) is 1. The largest absolute Gasteiger partial charge is 0.493 e. The molecular formula is C27H20ClF3N2O5S2. The molecule has 208 valence electrons. The minimum absolute atomic E-state index is 0.0616. The molecule has 0 bridgehead atoms. The summed E-state index contributed by atoms with van der Waals surface area (Å²) in [5.74, 6) is -0.782. The smallest absolute Gasteiger partial charge is 0.416 e. The summed E-state index contributed by atoms with van der Waals surface area (Å²) in [6.45, 7) is 0.477. The topological polar surface area (TPSA) is 89.0 Å². The maximum Gasteiger partial charge on any atom is 0.416 e. The van der Waals surface area contributed by atoms with Crippen molar-refractivity contribution in [1.82, 2.24) is 9.88 Å². The number of hydrogen-bond donors (Lipinski definition) is 1. The number of thiocarbonyl (C=S) groups is 1. The number of amides is 1. The summed E-state index contributed by atoms with van der Waals surface area (Å²) in [5, 5.41) is 9.22. The van der Waals surface area contributed by atoms with E-state index in [0.717, 1.165) is 23.9 Å². The number of alkyl halides is 3. The van der Waals surface area contributed by atoms with Gasteiger partial charge in [0, 0.05) is 17.1 Å². The highest BCUT2D eigenvalue weighted by Crippen LogP contribution is 2.36. The molecule has 2 aromatic carbocycles. The second-order valence-corrected chi connectivity index (χ2v) is 10.4. The average Bonchev–Trinajstić information content (AvgIpc) is 3.17. The first-order chi connectivity index (χ1) is 19.0. The van der Waals surface area contributed by atoms with Crippen LogP contribution < -0.4 is 9.47 Å². The van der Waals surface area contributed by atoms with Crippen LogP contribution in [-0.2, 0) is 11.0 Å². The second-order valence-electron chi connectivity index (χ2n) is 8.35. The summed E-state index contributed by atoms with van der Waals surface area (Å²) in [7, 11) is 1.40. The van der Waals surface area contributed by atoms with Gasteiger partial charge in [0.15, 0.2) is 11.5 Å². The Morgan fingerprint density at radius 2 is 1.95 bits per heavy atom. The molecule has 7 nitrogen and oxygen atoms in total. The molecule has 40 heavy (non-hydrogen) atoms. The summed E-state index contributed by atoms with van der Waals surface area (Å²) in [6, 6.07) is 12.0. The first-order valence-electron chi connectivity index (χ1n) is 11.6. The number of methoxy groups -OCH3 is 1. The molecule has 1 N–H and O–H groups in total. The normalized spacial score (nSPS) is 14.6. The number of thioether (sulfide) groups is 1. The van der Waals surface area contributed by atoms with Crippen LogP contribution in [0.2, 0.25) is 5.02 Å². The Bertz CT molecular complexity index is 1510. The van der Waals surface area contributed by atoms with E-state index >= 15 is 0 Å². The minimum Gasteiger partial charge on any atom is -0.493 e. The summed E-state index contributed by atoms with van der Waals surface area (Å²) >= 11 is 12.6. The van der Waals surface area contributed by atoms with Gasteiger partial charge in [-0.25, -0.2) is 9.78 Å². The van der Waals surface area contributed by atoms with Crippen molar-refractivity contribution in [2.75, 3.05) is 20.3 Å². The highest BCUT2D eigenvalue weighted by atomic mass is 35.5. The Labute approximate surface area is 241 Å². The fraction of sp³-hybridized carbons (Fsp3) is 0.185. The zero-order valence-corrected chi connectivity index (χ0v) is 23.1. The van der Waals surface area contributed by atoms with E-state index in [0.29, 0.717) is 27.1 Å². The molecule has 1 saturated heterocycles. The molecule has 1 aliphatic rings. The van der Waals surface area contributed by atoms with Crippen LogP contribution in [0, 0.1) is 0 Å². The van der Waals surface area contributed by atoms with E-state index in [1.165, 1.54) is 48.4 Å². The number of hydrogen-bond acceptors (Lipinski definition) is 7. The van der Waals surface area contributed by atoms with Crippen molar-refractivity contribution in [3.05, 3.63) is 81.3 Å². The second kappa shape index (κ2) is 12.3. The third-order valence-electron chi connectivity index (χ3n) is 5.69. The van der Waals surface area contributed by atoms with Crippen molar-refractivity contribution >= 4 is 57.9 Å². The number of ether oxygens (including phenoxy) is 2. The van der Waals surface area contributed by atoms with Crippen molar-refractivity contribution in [3.8, 4) is 22.8 Å². The Morgan fingerprint density at radius 1 is 1.18 bits per heavy atom. The van der Waals surface area contributed by atoms with Gasteiger partial charge in [0.2, 0.25) is 0 Å². The monoisotopic (exact) mass is 608 g/mol. The molecule has 4 rings (SSSR count). The van der Waals surface area contributed by atoms with Gasteiger partial charge in [0.1, 0.15) is 4.32 Å². The molecule has 0 radical (unpaired) electrons. The number of halogens is 4. The summed E-state index contributed by atoms with van der Waals surface area (Å²) in [6.07, 6.45) is -2.59. The van der Waals surface area contributed by atoms with Crippen LogP contribution in [-0.4, -0.2) is 51.4 Å². The van der Waals surface area contributed by atoms with E-state index in [4.69, 9.17) is 38.4 Å². The molecule has 3 aromatic rings. The lowest BCUT2D eigenvalue weighted by atomic mass is 10.1. The van der Waals surface area contributed by atoms with Crippen molar-refractivity contribution in [1.29, 1.82) is 0 Å². The summed E-state index contributed by atoms with van der Waals surface area (Å²) in [4.78, 5) is 30.3. The number of rotatable bonds is 9. The van der Waals surface area contributed by atoms with Crippen LogP contribution in [0.15, 0.2) is 59.5 Å². The number of aromatic carboxylic acids is 1. The van der Waals surface area contributed by atoms with E-state index in [2.05, 4.69) is 4.98 Å². The van der Waals surface area contributed by atoms with Gasteiger partial charge in [0.25, 0.3) is 5.91 Å². The molecule has 13 heteroatoms. The number of carbonyl (C=O) groups excluding carboxylic acids is 1. The zero-order chi connectivity index (χ0) is 29.0. The van der Waals surface area contributed by atoms with Crippen LogP contribution in [0.25, 0.3) is 17.3 Å². The molecule has 0 atom stereocenters. The van der Waals surface area contributed by atoms with Gasteiger partial charge in [-0.15, -0.1) is 0 Å².